The molecule has 2 amide bonds. The molecule has 1 heterocycles. The predicted molar refractivity (Wildman–Crippen MR) is 150 cm³/mol. The van der Waals surface area contributed by atoms with Crippen molar-refractivity contribution in [1.29, 1.82) is 0 Å². The summed E-state index contributed by atoms with van der Waals surface area (Å²) in [7, 11) is 0. The first-order valence-electron chi connectivity index (χ1n) is 14.1. The Morgan fingerprint density at radius 2 is 1.87 bits per heavy atom. The van der Waals surface area contributed by atoms with Gasteiger partial charge >= 0.3 is 6.09 Å². The van der Waals surface area contributed by atoms with Crippen LogP contribution in [0.1, 0.15) is 70.0 Å². The molecule has 7 nitrogen and oxygen atoms in total. The summed E-state index contributed by atoms with van der Waals surface area (Å²) in [4.78, 5) is 30.9. The Bertz CT molecular complexity index is 1130. The van der Waals surface area contributed by atoms with E-state index in [0.29, 0.717) is 18.8 Å². The highest BCUT2D eigenvalue weighted by molar-refractivity contribution is 5.87. The monoisotopic (exact) mass is 539 g/mol. The minimum Gasteiger partial charge on any atom is -0.444 e. The molecule has 1 saturated carbocycles. The zero-order chi connectivity index (χ0) is 28.0. The van der Waals surface area contributed by atoms with Crippen molar-refractivity contribution < 1.29 is 23.5 Å². The van der Waals surface area contributed by atoms with Gasteiger partial charge in [0.2, 0.25) is 5.91 Å². The number of ether oxygens (including phenoxy) is 2. The minimum atomic E-state index is -0.725. The second kappa shape index (κ2) is 12.8. The van der Waals surface area contributed by atoms with Crippen LogP contribution in [-0.4, -0.2) is 60.9 Å². The van der Waals surface area contributed by atoms with Crippen molar-refractivity contribution in [3.8, 4) is 0 Å². The van der Waals surface area contributed by atoms with Gasteiger partial charge in [-0.2, -0.15) is 0 Å². The van der Waals surface area contributed by atoms with Gasteiger partial charge in [0.15, 0.2) is 0 Å². The number of nitrogens with zero attached hydrogens (tertiary/aromatic N) is 2. The van der Waals surface area contributed by atoms with Gasteiger partial charge in [-0.1, -0.05) is 49.6 Å². The Labute approximate surface area is 231 Å². The normalized spacial score (nSPS) is 19.3. The molecule has 0 radical (unpaired) electrons. The fraction of sp³-hybridized carbons (Fsp3) is 0.548. The third-order valence-corrected chi connectivity index (χ3v) is 7.40. The fourth-order valence-corrected chi connectivity index (χ4v) is 5.48. The molecule has 0 aromatic heterocycles. The maximum atomic E-state index is 14.6. The number of halogens is 1. The van der Waals surface area contributed by atoms with E-state index >= 15 is 0 Å². The predicted octanol–water partition coefficient (Wildman–Crippen LogP) is 5.77. The lowest BCUT2D eigenvalue weighted by Gasteiger charge is -2.42. The molecule has 0 spiro atoms. The molecule has 212 valence electrons. The van der Waals surface area contributed by atoms with Crippen LogP contribution >= 0.6 is 0 Å². The third-order valence-electron chi connectivity index (χ3n) is 7.40. The lowest BCUT2D eigenvalue weighted by molar-refractivity contribution is -0.123. The van der Waals surface area contributed by atoms with Gasteiger partial charge < -0.3 is 19.7 Å². The van der Waals surface area contributed by atoms with Crippen molar-refractivity contribution in [2.24, 2.45) is 0 Å². The van der Waals surface area contributed by atoms with E-state index in [0.717, 1.165) is 36.8 Å². The van der Waals surface area contributed by atoms with Gasteiger partial charge in [0.25, 0.3) is 0 Å². The first-order valence-corrected chi connectivity index (χ1v) is 14.1. The molecule has 0 bridgehead atoms. The van der Waals surface area contributed by atoms with Crippen LogP contribution in [0.5, 0.6) is 0 Å². The molecule has 1 saturated heterocycles. The number of aryl methyl sites for hydroxylation is 1. The van der Waals surface area contributed by atoms with Crippen LogP contribution < -0.4 is 10.2 Å². The van der Waals surface area contributed by atoms with Gasteiger partial charge in [0.1, 0.15) is 17.5 Å². The van der Waals surface area contributed by atoms with Crippen LogP contribution in [0.3, 0.4) is 0 Å². The molecule has 2 atom stereocenters. The number of nitrogens with one attached hydrogen (secondary N) is 1. The van der Waals surface area contributed by atoms with Crippen LogP contribution in [-0.2, 0) is 14.3 Å². The molecule has 1 unspecified atom stereocenters. The average molecular weight is 540 g/mol. The number of hydrogen-bond donors (Lipinski definition) is 1. The lowest BCUT2D eigenvalue weighted by atomic mass is 9.93. The SMILES string of the molecule is Cc1ccccc1[C@@H](C(=O)NC1CCCCC1)N(CC1COCCN1C(=O)OC(C)(C)C)c1cccc(F)c1. The quantitative estimate of drug-likeness (QED) is 0.484. The fourth-order valence-electron chi connectivity index (χ4n) is 5.48. The third kappa shape index (κ3) is 7.72. The van der Waals surface area contributed by atoms with E-state index in [1.54, 1.807) is 11.0 Å². The Hall–Kier alpha value is -3.13. The Balaban J connectivity index is 1.73. The van der Waals surface area contributed by atoms with E-state index in [9.17, 15) is 14.0 Å². The van der Waals surface area contributed by atoms with Crippen molar-refractivity contribution in [2.75, 3.05) is 31.2 Å². The van der Waals surface area contributed by atoms with E-state index < -0.39 is 29.6 Å². The lowest BCUT2D eigenvalue weighted by Crippen LogP contribution is -2.56. The first kappa shape index (κ1) is 28.9. The molecule has 2 aromatic carbocycles. The maximum absolute atomic E-state index is 14.6. The molecule has 8 heteroatoms. The van der Waals surface area contributed by atoms with Crippen LogP contribution in [0.4, 0.5) is 14.9 Å². The first-order chi connectivity index (χ1) is 18.6. The summed E-state index contributed by atoms with van der Waals surface area (Å²) in [6, 6.07) is 13.1. The highest BCUT2D eigenvalue weighted by Crippen LogP contribution is 2.32. The number of rotatable bonds is 7. The molecular formula is C31H42FN3O4. The molecule has 1 aliphatic carbocycles. The zero-order valence-corrected chi connectivity index (χ0v) is 23.6. The molecule has 2 fully saturated rings. The standard InChI is InChI=1S/C31H42FN3O4/c1-22-11-8-9-16-27(22)28(29(36)33-24-13-6-5-7-14-24)35(25-15-10-12-23(32)19-25)20-26-21-38-18-17-34(26)30(37)39-31(2,3)4/h8-12,15-16,19,24,26,28H,5-7,13-14,17-18,20-21H2,1-4H3,(H,33,36)/t26?,28-/m0/s1. The van der Waals surface area contributed by atoms with Crippen molar-refractivity contribution in [3.63, 3.8) is 0 Å². The zero-order valence-electron chi connectivity index (χ0n) is 23.6. The molecule has 1 aliphatic heterocycles. The summed E-state index contributed by atoms with van der Waals surface area (Å²) < 4.78 is 26.1. The molecule has 1 N–H and O–H groups in total. The van der Waals surface area contributed by atoms with Crippen LogP contribution in [0.2, 0.25) is 0 Å². The van der Waals surface area contributed by atoms with E-state index in [1.807, 2.05) is 62.9 Å². The van der Waals surface area contributed by atoms with E-state index in [2.05, 4.69) is 5.32 Å². The second-order valence-corrected chi connectivity index (χ2v) is 11.6. The Morgan fingerprint density at radius 3 is 2.56 bits per heavy atom. The number of amides is 2. The summed E-state index contributed by atoms with van der Waals surface area (Å²) in [5.74, 6) is -0.515. The van der Waals surface area contributed by atoms with Crippen molar-refractivity contribution >= 4 is 17.7 Å². The van der Waals surface area contributed by atoms with Crippen LogP contribution in [0.25, 0.3) is 0 Å². The molecule has 2 aliphatic rings. The van der Waals surface area contributed by atoms with Crippen LogP contribution in [0, 0.1) is 12.7 Å². The summed E-state index contributed by atoms with van der Waals surface area (Å²) in [6.45, 7) is 8.82. The smallest absolute Gasteiger partial charge is 0.410 e. The van der Waals surface area contributed by atoms with Gasteiger partial charge in [-0.3, -0.25) is 9.69 Å². The van der Waals surface area contributed by atoms with Crippen LogP contribution in [0.15, 0.2) is 48.5 Å². The van der Waals surface area contributed by atoms with E-state index in [-0.39, 0.29) is 25.1 Å². The highest BCUT2D eigenvalue weighted by atomic mass is 19.1. The molecule has 39 heavy (non-hydrogen) atoms. The molecule has 2 aromatic rings. The summed E-state index contributed by atoms with van der Waals surface area (Å²) in [5, 5.41) is 3.30. The van der Waals surface area contributed by atoms with E-state index in [4.69, 9.17) is 9.47 Å². The van der Waals surface area contributed by atoms with Gasteiger partial charge in [-0.25, -0.2) is 9.18 Å². The highest BCUT2D eigenvalue weighted by Gasteiger charge is 2.37. The number of carbonyl (C=O) groups is 2. The van der Waals surface area contributed by atoms with Gasteiger partial charge in [-0.15, -0.1) is 0 Å². The van der Waals surface area contributed by atoms with Crippen molar-refractivity contribution in [3.05, 3.63) is 65.5 Å². The summed E-state index contributed by atoms with van der Waals surface area (Å²) >= 11 is 0. The topological polar surface area (TPSA) is 71.1 Å². The number of hydrogen-bond acceptors (Lipinski definition) is 5. The van der Waals surface area contributed by atoms with E-state index in [1.165, 1.54) is 18.6 Å². The summed E-state index contributed by atoms with van der Waals surface area (Å²) in [6.07, 6.45) is 4.86. The van der Waals surface area contributed by atoms with Gasteiger partial charge in [0, 0.05) is 24.8 Å². The van der Waals surface area contributed by atoms with Gasteiger partial charge in [0.05, 0.1) is 19.3 Å². The molecular weight excluding hydrogens is 497 g/mol. The Kier molecular flexibility index (Phi) is 9.49. The van der Waals surface area contributed by atoms with Gasteiger partial charge in [-0.05, 0) is 69.9 Å². The number of carbonyl (C=O) groups excluding carboxylic acids is 2. The Morgan fingerprint density at radius 1 is 1.13 bits per heavy atom. The largest absolute Gasteiger partial charge is 0.444 e. The minimum absolute atomic E-state index is 0.114. The molecule has 4 rings (SSSR count). The summed E-state index contributed by atoms with van der Waals surface area (Å²) in [5.41, 5.74) is 1.73. The van der Waals surface area contributed by atoms with Crippen molar-refractivity contribution in [1.82, 2.24) is 10.2 Å². The second-order valence-electron chi connectivity index (χ2n) is 11.6. The maximum Gasteiger partial charge on any atom is 0.410 e. The van der Waals surface area contributed by atoms with Crippen molar-refractivity contribution in [2.45, 2.75) is 83.5 Å². The average Bonchev–Trinajstić information content (AvgIpc) is 2.89. The number of anilines is 1. The number of benzene rings is 2. The number of morpholine rings is 1.